The highest BCUT2D eigenvalue weighted by Crippen LogP contribution is 2.59. The van der Waals surface area contributed by atoms with E-state index in [1.165, 1.54) is 0 Å². The van der Waals surface area contributed by atoms with Crippen LogP contribution in [-0.4, -0.2) is 34.0 Å². The maximum absolute atomic E-state index is 15.1. The van der Waals surface area contributed by atoms with Gasteiger partial charge in [-0.1, -0.05) is 114 Å². The van der Waals surface area contributed by atoms with Crippen molar-refractivity contribution in [2.45, 2.75) is 48.4 Å². The predicted octanol–water partition coefficient (Wildman–Crippen LogP) is 9.04. The number of alkyl halides is 3. The van der Waals surface area contributed by atoms with E-state index >= 15 is 4.57 Å². The third kappa shape index (κ3) is 12.0. The SMILES string of the molecule is CC(C)(C)Oc1ccc(C(NC(=O)C(Cc2ccccc2)NC(=O)OCC(Cl)(Cl)Cl)P(=O)(Oc2ccccc2)Oc2ccccc2)cc1. The molecule has 0 heterocycles. The number of carbonyl (C=O) groups excluding carboxylic acids is 2. The average Bonchev–Trinajstić information content (AvgIpc) is 3.03. The lowest BCUT2D eigenvalue weighted by Gasteiger charge is -2.30. The van der Waals surface area contributed by atoms with Crippen molar-refractivity contribution >= 4 is 54.4 Å². The Morgan fingerprint density at radius 1 is 0.708 bits per heavy atom. The van der Waals surface area contributed by atoms with Gasteiger partial charge >= 0.3 is 13.7 Å². The number of ether oxygens (including phenoxy) is 2. The van der Waals surface area contributed by atoms with Crippen LogP contribution in [0.25, 0.3) is 0 Å². The minimum atomic E-state index is -4.37. The van der Waals surface area contributed by atoms with Crippen LogP contribution in [0, 0.1) is 0 Å². The molecule has 0 aromatic heterocycles. The van der Waals surface area contributed by atoms with Crippen molar-refractivity contribution in [3.05, 3.63) is 126 Å². The van der Waals surface area contributed by atoms with Crippen LogP contribution in [0.1, 0.15) is 37.7 Å². The normalized spacial score (nSPS) is 13.0. The quantitative estimate of drug-likeness (QED) is 0.104. The molecule has 0 saturated heterocycles. The molecular formula is C35H36Cl3N2O7P. The molecule has 4 aromatic rings. The van der Waals surface area contributed by atoms with E-state index in [0.29, 0.717) is 11.3 Å². The Morgan fingerprint density at radius 2 is 1.21 bits per heavy atom. The Balaban J connectivity index is 1.75. The average molecular weight is 734 g/mol. The first kappa shape index (κ1) is 36.9. The molecule has 0 fully saturated rings. The number of para-hydroxylation sites is 2. The van der Waals surface area contributed by atoms with Crippen LogP contribution >= 0.6 is 42.4 Å². The second-order valence-electron chi connectivity index (χ2n) is 11.6. The van der Waals surface area contributed by atoms with Crippen LogP contribution in [0.3, 0.4) is 0 Å². The number of amides is 2. The molecule has 0 saturated carbocycles. The van der Waals surface area contributed by atoms with Gasteiger partial charge in [0.05, 0.1) is 0 Å². The van der Waals surface area contributed by atoms with Crippen LogP contribution in [-0.2, 0) is 20.5 Å². The van der Waals surface area contributed by atoms with Gasteiger partial charge in [0, 0.05) is 6.42 Å². The summed E-state index contributed by atoms with van der Waals surface area (Å²) < 4.78 is 36.5. The summed E-state index contributed by atoms with van der Waals surface area (Å²) in [6, 6.07) is 31.4. The van der Waals surface area contributed by atoms with E-state index in [1.807, 2.05) is 26.8 Å². The van der Waals surface area contributed by atoms with Gasteiger partial charge < -0.3 is 29.2 Å². The largest absolute Gasteiger partial charge is 0.488 e. The monoisotopic (exact) mass is 732 g/mol. The predicted molar refractivity (Wildman–Crippen MR) is 188 cm³/mol. The Kier molecular flexibility index (Phi) is 12.7. The summed E-state index contributed by atoms with van der Waals surface area (Å²) in [6.07, 6.45) is -0.953. The standard InChI is InChI=1S/C35H36Cl3N2O7P/c1-34(2,3)45-27-21-19-26(20-22-27)32(48(43,46-28-15-9-5-10-16-28)47-29-17-11-6-12-18-29)40-31(41)30(23-25-13-7-4-8-14-25)39-33(42)44-24-35(36,37)38/h4-22,30,32H,23-24H2,1-3H3,(H,39,42)(H,40,41). The van der Waals surface area contributed by atoms with Gasteiger partial charge in [-0.3, -0.25) is 4.79 Å². The van der Waals surface area contributed by atoms with Crippen molar-refractivity contribution in [1.82, 2.24) is 10.6 Å². The van der Waals surface area contributed by atoms with Gasteiger partial charge in [0.2, 0.25) is 9.70 Å². The molecule has 4 aromatic carbocycles. The minimum Gasteiger partial charge on any atom is -0.488 e. The van der Waals surface area contributed by atoms with Gasteiger partial charge in [-0.2, -0.15) is 0 Å². The topological polar surface area (TPSA) is 112 Å². The first-order valence-electron chi connectivity index (χ1n) is 14.9. The van der Waals surface area contributed by atoms with Crippen molar-refractivity contribution in [3.63, 3.8) is 0 Å². The van der Waals surface area contributed by atoms with E-state index in [0.717, 1.165) is 5.56 Å². The maximum Gasteiger partial charge on any atom is 0.457 e. The van der Waals surface area contributed by atoms with Gasteiger partial charge in [-0.15, -0.1) is 0 Å². The number of halogens is 3. The zero-order valence-corrected chi connectivity index (χ0v) is 29.6. The van der Waals surface area contributed by atoms with Crippen molar-refractivity contribution in [1.29, 1.82) is 0 Å². The number of hydrogen-bond acceptors (Lipinski definition) is 7. The van der Waals surface area contributed by atoms with Crippen LogP contribution in [0.4, 0.5) is 4.79 Å². The van der Waals surface area contributed by atoms with Gasteiger partial charge in [-0.05, 0) is 68.3 Å². The van der Waals surface area contributed by atoms with Crippen molar-refractivity contribution in [2.24, 2.45) is 0 Å². The summed E-state index contributed by atoms with van der Waals surface area (Å²) >= 11 is 17.3. The zero-order chi connectivity index (χ0) is 34.8. The van der Waals surface area contributed by atoms with E-state index in [9.17, 15) is 9.59 Å². The highest BCUT2D eigenvalue weighted by Gasteiger charge is 2.43. The number of alkyl carbamates (subject to hydrolysis) is 1. The lowest BCUT2D eigenvalue weighted by atomic mass is 10.1. The minimum absolute atomic E-state index is 0.0456. The molecular weight excluding hydrogens is 698 g/mol. The van der Waals surface area contributed by atoms with E-state index < -0.39 is 47.4 Å². The lowest BCUT2D eigenvalue weighted by molar-refractivity contribution is -0.123. The summed E-state index contributed by atoms with van der Waals surface area (Å²) in [5.74, 6) is -1.03. The molecule has 2 atom stereocenters. The summed E-state index contributed by atoms with van der Waals surface area (Å²) in [4.78, 5) is 26.9. The molecule has 0 aliphatic heterocycles. The molecule has 254 valence electrons. The number of rotatable bonds is 13. The third-order valence-electron chi connectivity index (χ3n) is 6.42. The summed E-state index contributed by atoms with van der Waals surface area (Å²) in [7, 11) is -4.37. The molecule has 9 nitrogen and oxygen atoms in total. The first-order chi connectivity index (χ1) is 22.7. The fourth-order valence-corrected chi connectivity index (χ4v) is 6.49. The second-order valence-corrected chi connectivity index (χ2v) is 16.1. The summed E-state index contributed by atoms with van der Waals surface area (Å²) in [5.41, 5.74) is 0.638. The highest BCUT2D eigenvalue weighted by molar-refractivity contribution is 7.55. The molecule has 0 radical (unpaired) electrons. The fraction of sp³-hybridized carbons (Fsp3) is 0.257. The van der Waals surface area contributed by atoms with Crippen molar-refractivity contribution in [2.75, 3.05) is 6.61 Å². The molecule has 0 spiro atoms. The summed E-state index contributed by atoms with van der Waals surface area (Å²) in [5, 5.41) is 5.38. The molecule has 2 amide bonds. The molecule has 13 heteroatoms. The highest BCUT2D eigenvalue weighted by atomic mass is 35.6. The molecule has 48 heavy (non-hydrogen) atoms. The van der Waals surface area contributed by atoms with Crippen molar-refractivity contribution in [3.8, 4) is 17.2 Å². The van der Waals surface area contributed by atoms with E-state index in [1.54, 1.807) is 109 Å². The molecule has 0 aliphatic carbocycles. The summed E-state index contributed by atoms with van der Waals surface area (Å²) in [6.45, 7) is 5.19. The smallest absolute Gasteiger partial charge is 0.457 e. The van der Waals surface area contributed by atoms with Crippen molar-refractivity contribution < 1.29 is 32.7 Å². The van der Waals surface area contributed by atoms with Gasteiger partial charge in [-0.25, -0.2) is 9.36 Å². The first-order valence-corrected chi connectivity index (χ1v) is 17.7. The molecule has 4 rings (SSSR count). The molecule has 2 unspecified atom stereocenters. The van der Waals surface area contributed by atoms with Crippen LogP contribution in [0.2, 0.25) is 0 Å². The zero-order valence-electron chi connectivity index (χ0n) is 26.5. The number of hydrogen-bond donors (Lipinski definition) is 2. The molecule has 2 N–H and O–H groups in total. The second kappa shape index (κ2) is 16.5. The number of carbonyl (C=O) groups is 2. The maximum atomic E-state index is 15.1. The van der Waals surface area contributed by atoms with Crippen LogP contribution in [0.15, 0.2) is 115 Å². The van der Waals surface area contributed by atoms with E-state index in [4.69, 9.17) is 53.3 Å². The molecule has 0 aliphatic rings. The van der Waals surface area contributed by atoms with Crippen LogP contribution in [0.5, 0.6) is 17.2 Å². The Morgan fingerprint density at radius 3 is 1.69 bits per heavy atom. The third-order valence-corrected chi connectivity index (χ3v) is 8.74. The van der Waals surface area contributed by atoms with Crippen LogP contribution < -0.4 is 24.4 Å². The lowest BCUT2D eigenvalue weighted by Crippen LogP contribution is -2.49. The Labute approximate surface area is 295 Å². The number of nitrogens with one attached hydrogen (secondary N) is 2. The molecule has 0 bridgehead atoms. The Bertz CT molecular complexity index is 1620. The van der Waals surface area contributed by atoms with Gasteiger partial charge in [0.1, 0.15) is 35.5 Å². The fourth-order valence-electron chi connectivity index (χ4n) is 4.42. The van der Waals surface area contributed by atoms with E-state index in [-0.39, 0.29) is 17.9 Å². The number of benzene rings is 4. The Hall–Kier alpha value is -3.88. The van der Waals surface area contributed by atoms with Gasteiger partial charge in [0.15, 0.2) is 5.78 Å². The van der Waals surface area contributed by atoms with Gasteiger partial charge in [0.25, 0.3) is 0 Å². The van der Waals surface area contributed by atoms with E-state index in [2.05, 4.69) is 10.6 Å².